The number of aliphatic hydroxyl groups is 1. The standard InChI is InChI=1S/C33H44NSSi.C17H32O2.Ir/c1-21(2)18-36(19-22(3)4,20-23(5)6)33-25(9)28-14-15-34-31(32(28)35-33)27-16-26-12-10-11-13-29(26)30(17-27)24(7)8;1-10(2)16(11(3)4)14(18)9-15(19)17(12(5)6)13(7)8;/h10-15,17,21-24H,18-20H2,1-9H3;9-13,16-18H,1-8H3;/q-1;;/b;14-9-;. The Morgan fingerprint density at radius 3 is 1.71 bits per heavy atom. The summed E-state index contributed by atoms with van der Waals surface area (Å²) in [6.07, 6.45) is 3.51. The predicted octanol–water partition coefficient (Wildman–Crippen LogP) is 14.8. The molecular formula is C50H76IrNO2SSi-. The van der Waals surface area contributed by atoms with Crippen molar-refractivity contribution < 1.29 is 30.0 Å². The minimum Gasteiger partial charge on any atom is -0.512 e. The molecule has 6 heteroatoms. The van der Waals surface area contributed by atoms with Crippen LogP contribution in [-0.4, -0.2) is 23.9 Å². The number of hydrogen-bond donors (Lipinski definition) is 1. The first-order chi connectivity index (χ1) is 25.6. The zero-order valence-corrected chi connectivity index (χ0v) is 42.3. The number of nitrogens with zero attached hydrogens (tertiary/aromatic N) is 1. The van der Waals surface area contributed by atoms with E-state index in [4.69, 9.17) is 4.98 Å². The van der Waals surface area contributed by atoms with Gasteiger partial charge < -0.3 is 5.11 Å². The molecule has 0 saturated carbocycles. The molecule has 0 bridgehead atoms. The molecule has 2 aromatic heterocycles. The topological polar surface area (TPSA) is 50.2 Å². The molecule has 1 N–H and O–H groups in total. The van der Waals surface area contributed by atoms with Crippen LogP contribution in [0.3, 0.4) is 0 Å². The van der Waals surface area contributed by atoms with Crippen LogP contribution in [-0.2, 0) is 24.9 Å². The van der Waals surface area contributed by atoms with Crippen molar-refractivity contribution in [3.8, 4) is 11.3 Å². The Labute approximate surface area is 361 Å². The average Bonchev–Trinajstić information content (AvgIpc) is 3.39. The van der Waals surface area contributed by atoms with Crippen molar-refractivity contribution >= 4 is 50.6 Å². The van der Waals surface area contributed by atoms with Crippen LogP contribution in [0.25, 0.3) is 32.1 Å². The number of allylic oxidation sites excluding steroid dienone is 2. The zero-order chi connectivity index (χ0) is 41.5. The average molecular weight is 976 g/mol. The second-order valence-electron chi connectivity index (χ2n) is 19.5. The van der Waals surface area contributed by atoms with Crippen LogP contribution in [0, 0.1) is 66.3 Å². The Morgan fingerprint density at radius 1 is 0.750 bits per heavy atom. The number of aryl methyl sites for hydroxylation is 1. The van der Waals surface area contributed by atoms with Crippen molar-refractivity contribution in [1.82, 2.24) is 4.98 Å². The quantitative estimate of drug-likeness (QED) is 0.0527. The molecule has 2 heterocycles. The van der Waals surface area contributed by atoms with E-state index in [0.29, 0.717) is 29.6 Å². The third kappa shape index (κ3) is 12.4. The number of benzene rings is 2. The summed E-state index contributed by atoms with van der Waals surface area (Å²) in [5, 5.41) is 14.2. The van der Waals surface area contributed by atoms with Gasteiger partial charge in [0.2, 0.25) is 0 Å². The summed E-state index contributed by atoms with van der Waals surface area (Å²) in [5.41, 5.74) is 5.16. The van der Waals surface area contributed by atoms with E-state index in [1.54, 1.807) is 4.50 Å². The molecular weight excluding hydrogens is 899 g/mol. The summed E-state index contributed by atoms with van der Waals surface area (Å²) < 4.78 is 3.09. The molecule has 0 spiro atoms. The summed E-state index contributed by atoms with van der Waals surface area (Å²) in [4.78, 5) is 17.3. The van der Waals surface area contributed by atoms with E-state index in [1.807, 2.05) is 6.20 Å². The molecule has 4 rings (SSSR count). The number of carbonyl (C=O) groups is 1. The van der Waals surface area contributed by atoms with Crippen molar-refractivity contribution in [2.45, 2.75) is 142 Å². The molecule has 56 heavy (non-hydrogen) atoms. The Hall–Kier alpha value is -2.11. The molecule has 4 aromatic rings. The monoisotopic (exact) mass is 976 g/mol. The van der Waals surface area contributed by atoms with E-state index in [0.717, 1.165) is 29.0 Å². The Balaban J connectivity index is 0.000000463. The first-order valence-corrected chi connectivity index (χ1v) is 24.8. The first kappa shape index (κ1) is 50.0. The van der Waals surface area contributed by atoms with Gasteiger partial charge in [-0.3, -0.25) is 9.78 Å². The molecule has 3 nitrogen and oxygen atoms in total. The predicted molar refractivity (Wildman–Crippen MR) is 247 cm³/mol. The van der Waals surface area contributed by atoms with E-state index >= 15 is 0 Å². The molecule has 0 unspecified atom stereocenters. The summed E-state index contributed by atoms with van der Waals surface area (Å²) in [7, 11) is -1.70. The van der Waals surface area contributed by atoms with Gasteiger partial charge in [0.25, 0.3) is 0 Å². The molecule has 0 aliphatic carbocycles. The van der Waals surface area contributed by atoms with Crippen molar-refractivity contribution in [3.63, 3.8) is 0 Å². The maximum atomic E-state index is 12.3. The first-order valence-electron chi connectivity index (χ1n) is 21.4. The Bertz CT molecular complexity index is 1840. The third-order valence-corrected chi connectivity index (χ3v) is 20.1. The third-order valence-electron chi connectivity index (χ3n) is 11.2. The second-order valence-corrected chi connectivity index (χ2v) is 25.2. The van der Waals surface area contributed by atoms with Crippen LogP contribution in [0.5, 0.6) is 0 Å². The van der Waals surface area contributed by atoms with Gasteiger partial charge >= 0.3 is 0 Å². The maximum Gasteiger partial charge on any atom is 0.162 e. The van der Waals surface area contributed by atoms with Crippen molar-refractivity contribution in [3.05, 3.63) is 71.6 Å². The molecule has 0 aliphatic heterocycles. The van der Waals surface area contributed by atoms with E-state index in [-0.39, 0.29) is 43.5 Å². The van der Waals surface area contributed by atoms with E-state index in [1.165, 1.54) is 56.2 Å². The van der Waals surface area contributed by atoms with Gasteiger partial charge in [0.15, 0.2) is 5.78 Å². The normalized spacial score (nSPS) is 12.9. The number of ketones is 1. The van der Waals surface area contributed by atoms with Crippen molar-refractivity contribution in [1.29, 1.82) is 0 Å². The van der Waals surface area contributed by atoms with Crippen LogP contribution in [0.2, 0.25) is 18.1 Å². The van der Waals surface area contributed by atoms with Crippen molar-refractivity contribution in [2.75, 3.05) is 0 Å². The van der Waals surface area contributed by atoms with Crippen LogP contribution >= 0.6 is 11.3 Å². The summed E-state index contributed by atoms with van der Waals surface area (Å²) in [5.74, 6) is 4.24. The fourth-order valence-corrected chi connectivity index (χ4v) is 19.5. The largest absolute Gasteiger partial charge is 0.512 e. The van der Waals surface area contributed by atoms with Crippen LogP contribution in [0.15, 0.2) is 54.4 Å². The van der Waals surface area contributed by atoms with E-state index in [2.05, 4.69) is 172 Å². The van der Waals surface area contributed by atoms with E-state index in [9.17, 15) is 9.90 Å². The fraction of sp³-hybridized carbons (Fsp3) is 0.600. The SMILES string of the molecule is CC(C)C(C(=O)/C=C(\O)C(C(C)C)C(C)C)C(C)C.Cc1c([Si](CC(C)C)(CC(C)C)CC(C)C)sc2c(-c3[c-]c4ccccc4c(C(C)C)c3)nccc12.[Ir]. The van der Waals surface area contributed by atoms with Gasteiger partial charge in [0, 0.05) is 54.6 Å². The van der Waals surface area contributed by atoms with Gasteiger partial charge in [-0.25, -0.2) is 0 Å². The van der Waals surface area contributed by atoms with E-state index < -0.39 is 8.07 Å². The molecule has 0 saturated heterocycles. The number of carbonyl (C=O) groups excluding carboxylic acids is 1. The van der Waals surface area contributed by atoms with Gasteiger partial charge in [-0.05, 0) is 75.8 Å². The van der Waals surface area contributed by atoms with Gasteiger partial charge in [0.1, 0.15) is 8.07 Å². The van der Waals surface area contributed by atoms with Crippen LogP contribution in [0.4, 0.5) is 0 Å². The number of hydrogen-bond acceptors (Lipinski definition) is 4. The van der Waals surface area contributed by atoms with Gasteiger partial charge in [-0.1, -0.05) is 158 Å². The molecule has 0 atom stereocenters. The smallest absolute Gasteiger partial charge is 0.162 e. The fourth-order valence-electron chi connectivity index (χ4n) is 9.80. The molecule has 0 aliphatic rings. The van der Waals surface area contributed by atoms with Crippen LogP contribution in [0.1, 0.15) is 128 Å². The number of aliphatic hydroxyl groups excluding tert-OH is 1. The molecule has 1 radical (unpaired) electrons. The maximum absolute atomic E-state index is 12.3. The minimum absolute atomic E-state index is 0. The molecule has 0 fully saturated rings. The Kier molecular flexibility index (Phi) is 19.4. The Morgan fingerprint density at radius 2 is 1.25 bits per heavy atom. The second kappa shape index (κ2) is 21.8. The number of fused-ring (bicyclic) bond motifs is 2. The number of rotatable bonds is 16. The van der Waals surface area contributed by atoms with Crippen molar-refractivity contribution in [2.24, 2.45) is 53.3 Å². The molecule has 313 valence electrons. The van der Waals surface area contributed by atoms with Gasteiger partial charge in [0.05, 0.1) is 5.76 Å². The number of aromatic nitrogens is 1. The summed E-state index contributed by atoms with van der Waals surface area (Å²) >= 11 is 2.08. The number of thiophene rings is 1. The zero-order valence-electron chi connectivity index (χ0n) is 38.1. The number of pyridine rings is 1. The van der Waals surface area contributed by atoms with Gasteiger partial charge in [-0.2, -0.15) is 11.3 Å². The molecule has 0 amide bonds. The summed E-state index contributed by atoms with van der Waals surface area (Å²) in [6.45, 7) is 38.1. The van der Waals surface area contributed by atoms with Gasteiger partial charge in [-0.15, -0.1) is 29.1 Å². The summed E-state index contributed by atoms with van der Waals surface area (Å²) in [6, 6.07) is 21.2. The minimum atomic E-state index is -1.70. The molecule has 2 aromatic carbocycles. The van der Waals surface area contributed by atoms with Crippen LogP contribution < -0.4 is 4.50 Å².